The van der Waals surface area contributed by atoms with Gasteiger partial charge in [0.2, 0.25) is 5.13 Å². The first kappa shape index (κ1) is 12.5. The largest absolute Gasteiger partial charge is 0.436 e. The fourth-order valence-corrected chi connectivity index (χ4v) is 2.16. The molecule has 0 amide bonds. The van der Waals surface area contributed by atoms with Crippen LogP contribution in [-0.4, -0.2) is 20.0 Å². The molecule has 0 spiro atoms. The van der Waals surface area contributed by atoms with Crippen LogP contribution in [0.5, 0.6) is 0 Å². The molecule has 5 nitrogen and oxygen atoms in total. The second kappa shape index (κ2) is 4.06. The minimum atomic E-state index is -4.71. The smallest absolute Gasteiger partial charge is 0.223 e. The highest BCUT2D eigenvalue weighted by atomic mass is 32.1. The Balaban J connectivity index is 2.66. The van der Waals surface area contributed by atoms with Crippen molar-refractivity contribution in [2.24, 2.45) is 0 Å². The highest BCUT2D eigenvalue weighted by Crippen LogP contribution is 2.33. The van der Waals surface area contributed by atoms with E-state index >= 15 is 0 Å². The minimum Gasteiger partial charge on any atom is -0.223 e. The van der Waals surface area contributed by atoms with Gasteiger partial charge in [-0.25, -0.2) is 4.98 Å². The predicted octanol–water partition coefficient (Wildman–Crippen LogP) is 2.23. The second-order valence-electron chi connectivity index (χ2n) is 3.45. The van der Waals surface area contributed by atoms with E-state index in [-0.39, 0.29) is 5.13 Å². The van der Waals surface area contributed by atoms with Crippen LogP contribution in [0.3, 0.4) is 0 Å². The van der Waals surface area contributed by atoms with Gasteiger partial charge in [0.05, 0.1) is 5.69 Å². The lowest BCUT2D eigenvalue weighted by Crippen LogP contribution is -2.14. The molecule has 18 heavy (non-hydrogen) atoms. The number of hydrogen-bond acceptors (Lipinski definition) is 5. The van der Waals surface area contributed by atoms with E-state index in [0.717, 1.165) is 16.2 Å². The van der Waals surface area contributed by atoms with Crippen molar-refractivity contribution in [3.8, 4) is 11.2 Å². The van der Waals surface area contributed by atoms with Crippen LogP contribution in [0.15, 0.2) is 0 Å². The topological polar surface area (TPSA) is 67.4 Å². The number of hydrogen-bond donors (Lipinski definition) is 0. The number of alkyl halides is 3. The maximum atomic E-state index is 12.8. The van der Waals surface area contributed by atoms with Gasteiger partial charge >= 0.3 is 6.18 Å². The quantitative estimate of drug-likeness (QED) is 0.799. The fourth-order valence-electron chi connectivity index (χ4n) is 1.29. The molecule has 0 aliphatic heterocycles. The molecular formula is C9H6F3N5S. The first-order chi connectivity index (χ1) is 8.34. The summed E-state index contributed by atoms with van der Waals surface area (Å²) in [5.74, 6) is 0. The molecule has 2 heterocycles. The normalized spacial score (nSPS) is 11.6. The average molecular weight is 273 g/mol. The molecule has 0 aliphatic rings. The van der Waals surface area contributed by atoms with E-state index in [1.54, 1.807) is 13.8 Å². The van der Waals surface area contributed by atoms with Crippen molar-refractivity contribution in [2.75, 3.05) is 0 Å². The molecule has 0 atom stereocenters. The van der Waals surface area contributed by atoms with Crippen molar-refractivity contribution < 1.29 is 13.2 Å². The van der Waals surface area contributed by atoms with Gasteiger partial charge in [0.25, 0.3) is 0 Å². The summed E-state index contributed by atoms with van der Waals surface area (Å²) in [5, 5.41) is 15.2. The Bertz CT molecular complexity index is 614. The lowest BCUT2D eigenvalue weighted by Gasteiger charge is -2.06. The predicted molar refractivity (Wildman–Crippen MR) is 56.2 cm³/mol. The summed E-state index contributed by atoms with van der Waals surface area (Å²) < 4.78 is 39.1. The van der Waals surface area contributed by atoms with Crippen LogP contribution in [0.4, 0.5) is 13.2 Å². The molecule has 0 N–H and O–H groups in total. The van der Waals surface area contributed by atoms with Crippen LogP contribution in [0, 0.1) is 25.2 Å². The van der Waals surface area contributed by atoms with Crippen molar-refractivity contribution in [2.45, 2.75) is 20.0 Å². The number of rotatable bonds is 1. The third kappa shape index (κ3) is 1.95. The maximum absolute atomic E-state index is 12.8. The van der Waals surface area contributed by atoms with Crippen LogP contribution in [-0.2, 0) is 6.18 Å². The summed E-state index contributed by atoms with van der Waals surface area (Å²) in [6.45, 7) is 3.43. The SMILES string of the molecule is Cc1nc(-n2nnc(C#N)c2C(F)(F)F)sc1C. The molecule has 2 rings (SSSR count). The first-order valence-corrected chi connectivity index (χ1v) is 5.53. The van der Waals surface area contributed by atoms with Crippen LogP contribution in [0.1, 0.15) is 22.0 Å². The lowest BCUT2D eigenvalue weighted by atomic mass is 10.3. The van der Waals surface area contributed by atoms with Crippen molar-refractivity contribution in [1.82, 2.24) is 20.0 Å². The van der Waals surface area contributed by atoms with Crippen LogP contribution < -0.4 is 0 Å². The maximum Gasteiger partial charge on any atom is 0.436 e. The Morgan fingerprint density at radius 1 is 1.33 bits per heavy atom. The summed E-state index contributed by atoms with van der Waals surface area (Å²) in [4.78, 5) is 4.76. The van der Waals surface area contributed by atoms with Crippen LogP contribution >= 0.6 is 11.3 Å². The zero-order valence-electron chi connectivity index (χ0n) is 9.28. The molecule has 2 aromatic rings. The van der Waals surface area contributed by atoms with Gasteiger partial charge < -0.3 is 0 Å². The molecule has 0 saturated carbocycles. The summed E-state index contributed by atoms with van der Waals surface area (Å²) >= 11 is 1.06. The highest BCUT2D eigenvalue weighted by Gasteiger charge is 2.40. The van der Waals surface area contributed by atoms with Crippen molar-refractivity contribution >= 4 is 11.3 Å². The molecule has 0 fully saturated rings. The third-order valence-corrected chi connectivity index (χ3v) is 3.29. The molecule has 0 radical (unpaired) electrons. The van der Waals surface area contributed by atoms with Gasteiger partial charge in [-0.2, -0.15) is 23.1 Å². The number of nitrogens with zero attached hydrogens (tertiary/aromatic N) is 5. The van der Waals surface area contributed by atoms with Gasteiger partial charge in [-0.1, -0.05) is 16.6 Å². The summed E-state index contributed by atoms with van der Waals surface area (Å²) in [5.41, 5.74) is -1.33. The monoisotopic (exact) mass is 273 g/mol. The van der Waals surface area contributed by atoms with E-state index in [1.165, 1.54) is 6.07 Å². The third-order valence-electron chi connectivity index (χ3n) is 2.24. The van der Waals surface area contributed by atoms with Crippen molar-refractivity contribution in [1.29, 1.82) is 5.26 Å². The minimum absolute atomic E-state index is 0.0475. The Labute approximate surface area is 103 Å². The Kier molecular flexibility index (Phi) is 2.82. The average Bonchev–Trinajstić information content (AvgIpc) is 2.82. The van der Waals surface area contributed by atoms with Gasteiger partial charge in [0.15, 0.2) is 11.4 Å². The molecule has 2 aromatic heterocycles. The van der Waals surface area contributed by atoms with E-state index in [2.05, 4.69) is 15.3 Å². The molecule has 0 aromatic carbocycles. The van der Waals surface area contributed by atoms with Gasteiger partial charge in [0.1, 0.15) is 6.07 Å². The zero-order valence-corrected chi connectivity index (χ0v) is 10.1. The lowest BCUT2D eigenvalue weighted by molar-refractivity contribution is -0.143. The van der Waals surface area contributed by atoms with Gasteiger partial charge in [-0.05, 0) is 13.8 Å². The fraction of sp³-hybridized carbons (Fsp3) is 0.333. The van der Waals surface area contributed by atoms with Gasteiger partial charge in [0, 0.05) is 4.88 Å². The van der Waals surface area contributed by atoms with Crippen molar-refractivity contribution in [3.05, 3.63) is 22.0 Å². The Morgan fingerprint density at radius 2 is 2.00 bits per heavy atom. The summed E-state index contributed by atoms with van der Waals surface area (Å²) in [6, 6.07) is 1.38. The number of aromatic nitrogens is 4. The standard InChI is InChI=1S/C9H6F3N5S/c1-4-5(2)18-8(14-4)17-7(9(10,11)12)6(3-13)15-16-17/h1-2H3. The number of nitriles is 1. The van der Waals surface area contributed by atoms with E-state index in [1.807, 2.05) is 0 Å². The molecule has 0 bridgehead atoms. The van der Waals surface area contributed by atoms with E-state index in [4.69, 9.17) is 5.26 Å². The molecule has 0 saturated heterocycles. The highest BCUT2D eigenvalue weighted by molar-refractivity contribution is 7.14. The molecular weight excluding hydrogens is 267 g/mol. The van der Waals surface area contributed by atoms with Gasteiger partial charge in [-0.15, -0.1) is 5.10 Å². The summed E-state index contributed by atoms with van der Waals surface area (Å²) in [6.07, 6.45) is -4.71. The molecule has 0 unspecified atom stereocenters. The van der Waals surface area contributed by atoms with Gasteiger partial charge in [-0.3, -0.25) is 0 Å². The number of thiazole rings is 1. The number of halogens is 3. The summed E-state index contributed by atoms with van der Waals surface area (Å²) in [7, 11) is 0. The second-order valence-corrected chi connectivity index (χ2v) is 4.63. The van der Waals surface area contributed by atoms with E-state index < -0.39 is 17.6 Å². The zero-order chi connectivity index (χ0) is 13.5. The number of aryl methyl sites for hydroxylation is 2. The first-order valence-electron chi connectivity index (χ1n) is 4.72. The molecule has 9 heteroatoms. The van der Waals surface area contributed by atoms with Crippen molar-refractivity contribution in [3.63, 3.8) is 0 Å². The molecule has 0 aliphatic carbocycles. The Hall–Kier alpha value is -1.95. The Morgan fingerprint density at radius 3 is 2.44 bits per heavy atom. The van der Waals surface area contributed by atoms with E-state index in [0.29, 0.717) is 10.4 Å². The van der Waals surface area contributed by atoms with Crippen LogP contribution in [0.2, 0.25) is 0 Å². The van der Waals surface area contributed by atoms with E-state index in [9.17, 15) is 13.2 Å². The van der Waals surface area contributed by atoms with Crippen LogP contribution in [0.25, 0.3) is 5.13 Å². The molecule has 94 valence electrons.